The maximum atomic E-state index is 12.6. The first kappa shape index (κ1) is 22.5. The van der Waals surface area contributed by atoms with Gasteiger partial charge in [0, 0.05) is 0 Å². The molecule has 1 aromatic carbocycles. The van der Waals surface area contributed by atoms with E-state index in [1.54, 1.807) is 13.8 Å². The highest BCUT2D eigenvalue weighted by molar-refractivity contribution is 5.89. The number of hydrogen-bond acceptors (Lipinski definition) is 5. The van der Waals surface area contributed by atoms with Gasteiger partial charge in [0.2, 0.25) is 5.91 Å². The fraction of sp³-hybridized carbons (Fsp3) is 0.550. The Balaban J connectivity index is 2.65. The molecule has 0 bridgehead atoms. The minimum absolute atomic E-state index is 0.114. The Hall–Kier alpha value is -2.57. The topological polar surface area (TPSA) is 93.7 Å². The number of carbonyl (C=O) groups excluding carboxylic acids is 3. The highest BCUT2D eigenvalue weighted by Crippen LogP contribution is 2.08. The number of amides is 2. The molecule has 0 fully saturated rings. The summed E-state index contributed by atoms with van der Waals surface area (Å²) in [6.07, 6.45) is 0.145. The highest BCUT2D eigenvalue weighted by atomic mass is 16.5. The highest BCUT2D eigenvalue weighted by Gasteiger charge is 2.27. The monoisotopic (exact) mass is 378 g/mol. The predicted molar refractivity (Wildman–Crippen MR) is 102 cm³/mol. The summed E-state index contributed by atoms with van der Waals surface area (Å²) in [6, 6.07) is 7.73. The standard InChI is InChI=1S/C20H30N2O5/c1-5-16(19(24)26-6-2)21-18(23)17(12-14(3)4)22-20(25)27-13-15-10-8-7-9-11-15/h7-11,14,16-17H,5-6,12-13H2,1-4H3,(H,21,23)(H,22,25)/t16-,17-/m0/s1. The fourth-order valence-corrected chi connectivity index (χ4v) is 2.45. The number of rotatable bonds is 10. The normalized spacial score (nSPS) is 12.8. The maximum Gasteiger partial charge on any atom is 0.408 e. The summed E-state index contributed by atoms with van der Waals surface area (Å²) in [4.78, 5) is 36.6. The SMILES string of the molecule is CCOC(=O)[C@H](CC)NC(=O)[C@H](CC(C)C)NC(=O)OCc1ccccc1. The van der Waals surface area contributed by atoms with E-state index in [1.165, 1.54) is 0 Å². The van der Waals surface area contributed by atoms with Crippen LogP contribution in [0.5, 0.6) is 0 Å². The van der Waals surface area contributed by atoms with E-state index in [0.717, 1.165) is 5.56 Å². The molecule has 7 heteroatoms. The van der Waals surface area contributed by atoms with Crippen molar-refractivity contribution in [3.8, 4) is 0 Å². The average molecular weight is 378 g/mol. The third-order valence-electron chi connectivity index (χ3n) is 3.82. The van der Waals surface area contributed by atoms with Crippen LogP contribution < -0.4 is 10.6 Å². The van der Waals surface area contributed by atoms with Gasteiger partial charge in [0.25, 0.3) is 0 Å². The lowest BCUT2D eigenvalue weighted by atomic mass is 10.0. The molecule has 0 saturated heterocycles. The van der Waals surface area contributed by atoms with Crippen molar-refractivity contribution in [2.24, 2.45) is 5.92 Å². The van der Waals surface area contributed by atoms with E-state index in [9.17, 15) is 14.4 Å². The van der Waals surface area contributed by atoms with Gasteiger partial charge in [-0.15, -0.1) is 0 Å². The van der Waals surface area contributed by atoms with Crippen molar-refractivity contribution in [3.63, 3.8) is 0 Å². The zero-order valence-corrected chi connectivity index (χ0v) is 16.5. The van der Waals surface area contributed by atoms with Gasteiger partial charge < -0.3 is 20.1 Å². The first-order valence-electron chi connectivity index (χ1n) is 9.31. The molecule has 0 spiro atoms. The average Bonchev–Trinajstić information content (AvgIpc) is 2.64. The van der Waals surface area contributed by atoms with Gasteiger partial charge in [-0.1, -0.05) is 51.1 Å². The minimum Gasteiger partial charge on any atom is -0.464 e. The third kappa shape index (κ3) is 8.57. The second-order valence-corrected chi connectivity index (χ2v) is 6.61. The van der Waals surface area contributed by atoms with E-state index >= 15 is 0 Å². The van der Waals surface area contributed by atoms with Crippen LogP contribution >= 0.6 is 0 Å². The summed E-state index contributed by atoms with van der Waals surface area (Å²) in [5.74, 6) is -0.749. The van der Waals surface area contributed by atoms with Crippen molar-refractivity contribution < 1.29 is 23.9 Å². The zero-order chi connectivity index (χ0) is 20.2. The number of benzene rings is 1. The Morgan fingerprint density at radius 3 is 2.19 bits per heavy atom. The first-order valence-corrected chi connectivity index (χ1v) is 9.31. The van der Waals surface area contributed by atoms with Crippen LogP contribution in [-0.2, 0) is 25.7 Å². The maximum absolute atomic E-state index is 12.6. The smallest absolute Gasteiger partial charge is 0.408 e. The van der Waals surface area contributed by atoms with Gasteiger partial charge in [0.15, 0.2) is 0 Å². The van der Waals surface area contributed by atoms with Crippen LogP contribution in [0, 0.1) is 5.92 Å². The number of esters is 1. The van der Waals surface area contributed by atoms with Crippen LogP contribution in [0.25, 0.3) is 0 Å². The summed E-state index contributed by atoms with van der Waals surface area (Å²) in [5, 5.41) is 5.25. The largest absolute Gasteiger partial charge is 0.464 e. The summed E-state index contributed by atoms with van der Waals surface area (Å²) in [7, 11) is 0. The van der Waals surface area contributed by atoms with Crippen LogP contribution in [0.4, 0.5) is 4.79 Å². The van der Waals surface area contributed by atoms with Gasteiger partial charge in [-0.25, -0.2) is 9.59 Å². The lowest BCUT2D eigenvalue weighted by molar-refractivity contribution is -0.147. The lowest BCUT2D eigenvalue weighted by Gasteiger charge is -2.23. The van der Waals surface area contributed by atoms with Gasteiger partial charge in [-0.2, -0.15) is 0 Å². The van der Waals surface area contributed by atoms with E-state index in [2.05, 4.69) is 10.6 Å². The third-order valence-corrected chi connectivity index (χ3v) is 3.82. The Bertz CT molecular complexity index is 604. The number of alkyl carbamates (subject to hydrolysis) is 1. The Kier molecular flexibility index (Phi) is 9.93. The van der Waals surface area contributed by atoms with Crippen LogP contribution in [0.2, 0.25) is 0 Å². The molecule has 0 saturated carbocycles. The van der Waals surface area contributed by atoms with E-state index in [0.29, 0.717) is 12.8 Å². The molecule has 1 rings (SSSR count). The van der Waals surface area contributed by atoms with Crippen LogP contribution in [-0.4, -0.2) is 36.7 Å². The van der Waals surface area contributed by atoms with Crippen molar-refractivity contribution in [1.29, 1.82) is 0 Å². The molecule has 0 aromatic heterocycles. The molecule has 150 valence electrons. The lowest BCUT2D eigenvalue weighted by Crippen LogP contribution is -2.52. The molecule has 0 radical (unpaired) electrons. The summed E-state index contributed by atoms with van der Waals surface area (Å²) in [5.41, 5.74) is 0.853. The Labute approximate surface area is 160 Å². The fourth-order valence-electron chi connectivity index (χ4n) is 2.45. The molecule has 0 unspecified atom stereocenters. The number of nitrogens with one attached hydrogen (secondary N) is 2. The van der Waals surface area contributed by atoms with Crippen LogP contribution in [0.15, 0.2) is 30.3 Å². The van der Waals surface area contributed by atoms with Gasteiger partial charge in [0.1, 0.15) is 18.7 Å². The quantitative estimate of drug-likeness (QED) is 0.611. The molecule has 0 aliphatic heterocycles. The number of ether oxygens (including phenoxy) is 2. The Morgan fingerprint density at radius 1 is 0.963 bits per heavy atom. The van der Waals surface area contributed by atoms with Crippen LogP contribution in [0.1, 0.15) is 46.1 Å². The minimum atomic E-state index is -0.795. The van der Waals surface area contributed by atoms with E-state index < -0.39 is 30.1 Å². The molecule has 2 amide bonds. The number of carbonyl (C=O) groups is 3. The molecule has 27 heavy (non-hydrogen) atoms. The molecule has 7 nitrogen and oxygen atoms in total. The molecule has 0 aliphatic carbocycles. The van der Waals surface area contributed by atoms with Gasteiger partial charge in [-0.05, 0) is 31.2 Å². The molecular formula is C20H30N2O5. The van der Waals surface area contributed by atoms with Crippen molar-refractivity contribution in [1.82, 2.24) is 10.6 Å². The number of hydrogen-bond donors (Lipinski definition) is 2. The van der Waals surface area contributed by atoms with Gasteiger partial charge in [-0.3, -0.25) is 4.79 Å². The Morgan fingerprint density at radius 2 is 1.63 bits per heavy atom. The van der Waals surface area contributed by atoms with E-state index in [-0.39, 0.29) is 19.1 Å². The second kappa shape index (κ2) is 11.9. The second-order valence-electron chi connectivity index (χ2n) is 6.61. The molecular weight excluding hydrogens is 348 g/mol. The molecule has 0 aliphatic rings. The molecule has 1 aromatic rings. The van der Waals surface area contributed by atoms with Crippen molar-refractivity contribution >= 4 is 18.0 Å². The van der Waals surface area contributed by atoms with E-state index in [4.69, 9.17) is 9.47 Å². The first-order chi connectivity index (χ1) is 12.9. The zero-order valence-electron chi connectivity index (χ0n) is 16.5. The predicted octanol–water partition coefficient (Wildman–Crippen LogP) is 2.79. The van der Waals surface area contributed by atoms with Crippen molar-refractivity contribution in [2.75, 3.05) is 6.61 Å². The summed E-state index contributed by atoms with van der Waals surface area (Å²) in [6.45, 7) is 7.73. The summed E-state index contributed by atoms with van der Waals surface area (Å²) >= 11 is 0. The van der Waals surface area contributed by atoms with E-state index in [1.807, 2.05) is 44.2 Å². The van der Waals surface area contributed by atoms with Crippen molar-refractivity contribution in [2.45, 2.75) is 59.2 Å². The van der Waals surface area contributed by atoms with Crippen LogP contribution in [0.3, 0.4) is 0 Å². The summed E-state index contributed by atoms with van der Waals surface area (Å²) < 4.78 is 10.1. The van der Waals surface area contributed by atoms with Gasteiger partial charge in [0.05, 0.1) is 6.61 Å². The van der Waals surface area contributed by atoms with Crippen molar-refractivity contribution in [3.05, 3.63) is 35.9 Å². The molecule has 2 atom stereocenters. The molecule has 0 heterocycles. The van der Waals surface area contributed by atoms with Gasteiger partial charge >= 0.3 is 12.1 Å². The molecule has 2 N–H and O–H groups in total.